The molecule has 1 unspecified atom stereocenters. The van der Waals surface area contributed by atoms with Crippen molar-refractivity contribution in [3.8, 4) is 0 Å². The first-order valence-corrected chi connectivity index (χ1v) is 8.99. The standard InChI is InChI=1S/C13H20O5S2/c1-17-7-8-18-9-11(14)10-19-12-3-5-13(6-4-12)20(2,15)16/h3-6,11,14H,7-10H2,1-2H3. The highest BCUT2D eigenvalue weighted by atomic mass is 32.2. The maximum atomic E-state index is 11.3. The fourth-order valence-electron chi connectivity index (χ4n) is 1.39. The maximum absolute atomic E-state index is 11.3. The van der Waals surface area contributed by atoms with Gasteiger partial charge in [0.15, 0.2) is 9.84 Å². The number of methoxy groups -OCH3 is 1. The lowest BCUT2D eigenvalue weighted by Crippen LogP contribution is -2.19. The van der Waals surface area contributed by atoms with E-state index in [0.29, 0.717) is 23.9 Å². The predicted octanol–water partition coefficient (Wildman–Crippen LogP) is 1.21. The van der Waals surface area contributed by atoms with Crippen LogP contribution in [-0.4, -0.2) is 58.6 Å². The second-order valence-corrected chi connectivity index (χ2v) is 7.39. The molecule has 0 fully saturated rings. The zero-order valence-electron chi connectivity index (χ0n) is 11.6. The Hall–Kier alpha value is -0.600. The monoisotopic (exact) mass is 320 g/mol. The van der Waals surface area contributed by atoms with Crippen molar-refractivity contribution in [2.24, 2.45) is 0 Å². The van der Waals surface area contributed by atoms with Crippen molar-refractivity contribution in [3.63, 3.8) is 0 Å². The average Bonchev–Trinajstić information content (AvgIpc) is 2.41. The molecule has 0 radical (unpaired) electrons. The molecule has 0 aliphatic rings. The van der Waals surface area contributed by atoms with E-state index < -0.39 is 15.9 Å². The normalized spacial score (nSPS) is 13.3. The minimum atomic E-state index is -3.16. The minimum absolute atomic E-state index is 0.262. The second kappa shape index (κ2) is 8.63. The molecule has 0 saturated carbocycles. The predicted molar refractivity (Wildman–Crippen MR) is 79.0 cm³/mol. The van der Waals surface area contributed by atoms with Gasteiger partial charge in [-0.25, -0.2) is 8.42 Å². The Morgan fingerprint density at radius 3 is 2.45 bits per heavy atom. The van der Waals surface area contributed by atoms with Crippen LogP contribution in [0.15, 0.2) is 34.1 Å². The van der Waals surface area contributed by atoms with Crippen LogP contribution < -0.4 is 0 Å². The van der Waals surface area contributed by atoms with E-state index in [9.17, 15) is 13.5 Å². The van der Waals surface area contributed by atoms with Crippen LogP contribution in [0.25, 0.3) is 0 Å². The van der Waals surface area contributed by atoms with Crippen molar-refractivity contribution in [2.75, 3.05) is 38.9 Å². The largest absolute Gasteiger partial charge is 0.390 e. The van der Waals surface area contributed by atoms with Gasteiger partial charge in [0, 0.05) is 24.0 Å². The topological polar surface area (TPSA) is 72.8 Å². The van der Waals surface area contributed by atoms with Gasteiger partial charge in [0.2, 0.25) is 0 Å². The zero-order chi connectivity index (χ0) is 15.0. The molecule has 1 rings (SSSR count). The molecule has 0 saturated heterocycles. The summed E-state index contributed by atoms with van der Waals surface area (Å²) in [6.07, 6.45) is 0.613. The molecule has 1 N–H and O–H groups in total. The van der Waals surface area contributed by atoms with Gasteiger partial charge in [-0.05, 0) is 24.3 Å². The third kappa shape index (κ3) is 6.71. The van der Waals surface area contributed by atoms with E-state index in [4.69, 9.17) is 9.47 Å². The molecule has 114 valence electrons. The molecule has 0 spiro atoms. The lowest BCUT2D eigenvalue weighted by Gasteiger charge is -2.11. The Balaban J connectivity index is 2.35. The summed E-state index contributed by atoms with van der Waals surface area (Å²) in [5.41, 5.74) is 0. The second-order valence-electron chi connectivity index (χ2n) is 4.28. The van der Waals surface area contributed by atoms with Crippen LogP contribution in [0.5, 0.6) is 0 Å². The first-order chi connectivity index (χ1) is 9.43. The number of aliphatic hydroxyl groups is 1. The summed E-state index contributed by atoms with van der Waals surface area (Å²) in [6, 6.07) is 6.61. The summed E-state index contributed by atoms with van der Waals surface area (Å²) < 4.78 is 32.7. The number of ether oxygens (including phenoxy) is 2. The molecule has 20 heavy (non-hydrogen) atoms. The number of hydrogen-bond donors (Lipinski definition) is 1. The highest BCUT2D eigenvalue weighted by Crippen LogP contribution is 2.21. The number of aliphatic hydroxyl groups excluding tert-OH is 1. The molecule has 1 aromatic carbocycles. The van der Waals surface area contributed by atoms with Gasteiger partial charge in [0.05, 0.1) is 30.8 Å². The van der Waals surface area contributed by atoms with E-state index in [2.05, 4.69) is 0 Å². The lowest BCUT2D eigenvalue weighted by atomic mass is 10.4. The Morgan fingerprint density at radius 1 is 1.25 bits per heavy atom. The van der Waals surface area contributed by atoms with Crippen LogP contribution in [0.3, 0.4) is 0 Å². The van der Waals surface area contributed by atoms with E-state index in [1.54, 1.807) is 31.4 Å². The highest BCUT2D eigenvalue weighted by Gasteiger charge is 2.08. The van der Waals surface area contributed by atoms with Gasteiger partial charge in [-0.1, -0.05) is 0 Å². The van der Waals surface area contributed by atoms with Gasteiger partial charge in [0.25, 0.3) is 0 Å². The smallest absolute Gasteiger partial charge is 0.175 e. The summed E-state index contributed by atoms with van der Waals surface area (Å²) in [6.45, 7) is 1.23. The minimum Gasteiger partial charge on any atom is -0.390 e. The first-order valence-electron chi connectivity index (χ1n) is 6.11. The Morgan fingerprint density at radius 2 is 1.90 bits per heavy atom. The average molecular weight is 320 g/mol. The molecule has 1 aromatic rings. The Labute approximate surface area is 124 Å². The molecular weight excluding hydrogens is 300 g/mol. The lowest BCUT2D eigenvalue weighted by molar-refractivity contribution is 0.0218. The van der Waals surface area contributed by atoms with Crippen molar-refractivity contribution in [2.45, 2.75) is 15.9 Å². The molecule has 0 amide bonds. The van der Waals surface area contributed by atoms with Gasteiger partial charge >= 0.3 is 0 Å². The first kappa shape index (κ1) is 17.5. The molecule has 0 bridgehead atoms. The highest BCUT2D eigenvalue weighted by molar-refractivity contribution is 7.99. The number of benzene rings is 1. The number of thioether (sulfide) groups is 1. The summed E-state index contributed by atoms with van der Waals surface area (Å²) in [7, 11) is -1.57. The molecule has 1 atom stereocenters. The van der Waals surface area contributed by atoms with Gasteiger partial charge in [-0.15, -0.1) is 11.8 Å². The fourth-order valence-corrected chi connectivity index (χ4v) is 2.83. The van der Waals surface area contributed by atoms with Crippen molar-refractivity contribution in [1.29, 1.82) is 0 Å². The van der Waals surface area contributed by atoms with Gasteiger partial charge in [-0.2, -0.15) is 0 Å². The molecule has 5 nitrogen and oxygen atoms in total. The maximum Gasteiger partial charge on any atom is 0.175 e. The van der Waals surface area contributed by atoms with Crippen LogP contribution in [0, 0.1) is 0 Å². The van der Waals surface area contributed by atoms with E-state index in [1.165, 1.54) is 18.0 Å². The Bertz CT molecular complexity index is 484. The van der Waals surface area contributed by atoms with Crippen LogP contribution in [0.4, 0.5) is 0 Å². The zero-order valence-corrected chi connectivity index (χ0v) is 13.2. The number of sulfone groups is 1. The van der Waals surface area contributed by atoms with Gasteiger partial charge < -0.3 is 14.6 Å². The van der Waals surface area contributed by atoms with E-state index in [1.807, 2.05) is 0 Å². The molecule has 0 aromatic heterocycles. The number of rotatable bonds is 9. The molecule has 0 heterocycles. The number of hydrogen-bond acceptors (Lipinski definition) is 6. The van der Waals surface area contributed by atoms with Crippen LogP contribution >= 0.6 is 11.8 Å². The molecule has 0 aliphatic carbocycles. The summed E-state index contributed by atoms with van der Waals surface area (Å²) in [4.78, 5) is 1.21. The van der Waals surface area contributed by atoms with Gasteiger partial charge in [0.1, 0.15) is 0 Å². The van der Waals surface area contributed by atoms with Crippen LogP contribution in [0.1, 0.15) is 0 Å². The van der Waals surface area contributed by atoms with E-state index in [0.717, 1.165) is 4.90 Å². The molecule has 7 heteroatoms. The van der Waals surface area contributed by atoms with Gasteiger partial charge in [-0.3, -0.25) is 0 Å². The third-order valence-corrected chi connectivity index (χ3v) is 4.72. The summed E-state index contributed by atoms with van der Waals surface area (Å²) in [5, 5.41) is 9.71. The third-order valence-electron chi connectivity index (χ3n) is 2.44. The molecule has 0 aliphatic heterocycles. The van der Waals surface area contributed by atoms with Crippen molar-refractivity contribution < 1.29 is 23.0 Å². The van der Waals surface area contributed by atoms with E-state index in [-0.39, 0.29) is 6.61 Å². The van der Waals surface area contributed by atoms with E-state index >= 15 is 0 Å². The fraction of sp³-hybridized carbons (Fsp3) is 0.538. The quantitative estimate of drug-likeness (QED) is 0.544. The van der Waals surface area contributed by atoms with Crippen molar-refractivity contribution >= 4 is 21.6 Å². The van der Waals surface area contributed by atoms with Crippen LogP contribution in [-0.2, 0) is 19.3 Å². The van der Waals surface area contributed by atoms with Crippen LogP contribution in [0.2, 0.25) is 0 Å². The summed E-state index contributed by atoms with van der Waals surface area (Å²) in [5.74, 6) is 0.491. The van der Waals surface area contributed by atoms with Crippen molar-refractivity contribution in [3.05, 3.63) is 24.3 Å². The SMILES string of the molecule is COCCOCC(O)CSc1ccc(S(C)(=O)=O)cc1. The Kier molecular flexibility index (Phi) is 7.53. The van der Waals surface area contributed by atoms with Crippen molar-refractivity contribution in [1.82, 2.24) is 0 Å². The molecular formula is C13H20O5S2. The summed E-state index contributed by atoms with van der Waals surface area (Å²) >= 11 is 1.46.